The number of piperazine rings is 1. The number of nitrogens with zero attached hydrogens (tertiary/aromatic N) is 2. The van der Waals surface area contributed by atoms with Crippen molar-refractivity contribution in [2.24, 2.45) is 0 Å². The zero-order valence-electron chi connectivity index (χ0n) is 13.3. The van der Waals surface area contributed by atoms with E-state index in [9.17, 15) is 13.2 Å². The van der Waals surface area contributed by atoms with E-state index >= 15 is 0 Å². The number of sulfonamides is 1. The quantitative estimate of drug-likeness (QED) is 0.831. The van der Waals surface area contributed by atoms with E-state index in [1.165, 1.54) is 6.08 Å². The molecule has 0 atom stereocenters. The van der Waals surface area contributed by atoms with Gasteiger partial charge in [-0.1, -0.05) is 30.3 Å². The van der Waals surface area contributed by atoms with Crippen LogP contribution in [-0.2, 0) is 14.8 Å². The molecular weight excluding hydrogens is 314 g/mol. The fraction of sp³-hybridized carbons (Fsp3) is 0.438. The van der Waals surface area contributed by atoms with Gasteiger partial charge < -0.3 is 9.80 Å². The van der Waals surface area contributed by atoms with Crippen molar-refractivity contribution in [3.63, 3.8) is 0 Å². The zero-order valence-corrected chi connectivity index (χ0v) is 14.1. The molecule has 1 aliphatic rings. The van der Waals surface area contributed by atoms with Crippen molar-refractivity contribution in [3.05, 3.63) is 41.3 Å². The predicted molar refractivity (Wildman–Crippen MR) is 91.1 cm³/mol. The van der Waals surface area contributed by atoms with Gasteiger partial charge in [0.15, 0.2) is 0 Å². The number of hydrogen-bond donors (Lipinski definition) is 1. The molecule has 126 valence electrons. The summed E-state index contributed by atoms with van der Waals surface area (Å²) in [7, 11) is -1.50. The fourth-order valence-corrected chi connectivity index (χ4v) is 3.11. The monoisotopic (exact) mass is 337 g/mol. The summed E-state index contributed by atoms with van der Waals surface area (Å²) in [6.07, 6.45) is 1.72. The minimum atomic E-state index is -3.52. The average molecular weight is 337 g/mol. The number of benzene rings is 1. The first-order chi connectivity index (χ1) is 11.0. The minimum Gasteiger partial charge on any atom is -0.340 e. The van der Waals surface area contributed by atoms with Crippen LogP contribution >= 0.6 is 0 Å². The molecule has 1 aliphatic heterocycles. The van der Waals surface area contributed by atoms with Gasteiger partial charge in [0.1, 0.15) is 0 Å². The van der Waals surface area contributed by atoms with Gasteiger partial charge in [0.2, 0.25) is 15.9 Å². The highest BCUT2D eigenvalue weighted by Gasteiger charge is 2.18. The Morgan fingerprint density at radius 1 is 1.17 bits per heavy atom. The van der Waals surface area contributed by atoms with Crippen molar-refractivity contribution in [1.29, 1.82) is 0 Å². The van der Waals surface area contributed by atoms with Crippen molar-refractivity contribution in [2.45, 2.75) is 6.42 Å². The maximum absolute atomic E-state index is 12.0. The molecule has 0 aliphatic carbocycles. The van der Waals surface area contributed by atoms with Gasteiger partial charge in [0, 0.05) is 44.6 Å². The summed E-state index contributed by atoms with van der Waals surface area (Å²) in [5, 5.41) is 1.13. The van der Waals surface area contributed by atoms with Gasteiger partial charge in [0.05, 0.1) is 0 Å². The highest BCUT2D eigenvalue weighted by Crippen LogP contribution is 2.04. The van der Waals surface area contributed by atoms with Crippen molar-refractivity contribution < 1.29 is 13.2 Å². The number of carbonyl (C=O) groups excluding carboxylic acids is 1. The molecule has 0 bridgehead atoms. The summed E-state index contributed by atoms with van der Waals surface area (Å²) in [4.78, 5) is 16.0. The second-order valence-corrected chi connectivity index (χ2v) is 7.24. The molecule has 0 aromatic heterocycles. The normalized spacial score (nSPS) is 16.8. The Bertz CT molecular complexity index is 636. The van der Waals surface area contributed by atoms with E-state index in [2.05, 4.69) is 9.62 Å². The number of hydrogen-bond acceptors (Lipinski definition) is 4. The van der Waals surface area contributed by atoms with Crippen molar-refractivity contribution in [2.75, 3.05) is 39.8 Å². The van der Waals surface area contributed by atoms with Crippen LogP contribution in [0.4, 0.5) is 0 Å². The molecule has 0 saturated carbocycles. The molecule has 7 heteroatoms. The van der Waals surface area contributed by atoms with Gasteiger partial charge in [-0.25, -0.2) is 13.1 Å². The number of carbonyl (C=O) groups is 1. The second-order valence-electron chi connectivity index (χ2n) is 5.59. The van der Waals surface area contributed by atoms with Gasteiger partial charge in [-0.2, -0.15) is 0 Å². The van der Waals surface area contributed by atoms with Crippen LogP contribution in [0.3, 0.4) is 0 Å². The Morgan fingerprint density at radius 2 is 1.83 bits per heavy atom. The summed E-state index contributed by atoms with van der Waals surface area (Å²) in [5.74, 6) is -0.00663. The smallest absolute Gasteiger partial charge is 0.233 e. The Balaban J connectivity index is 1.76. The van der Waals surface area contributed by atoms with Gasteiger partial charge in [-0.3, -0.25) is 4.79 Å². The first-order valence-electron chi connectivity index (χ1n) is 7.65. The molecule has 1 aromatic rings. The Morgan fingerprint density at radius 3 is 2.48 bits per heavy atom. The molecule has 6 nitrogen and oxygen atoms in total. The molecule has 1 amide bonds. The predicted octanol–water partition coefficient (Wildman–Crippen LogP) is 0.741. The molecule has 1 saturated heterocycles. The van der Waals surface area contributed by atoms with Crippen LogP contribution < -0.4 is 4.72 Å². The van der Waals surface area contributed by atoms with E-state index in [0.717, 1.165) is 24.1 Å². The third-order valence-corrected chi connectivity index (χ3v) is 4.84. The first-order valence-corrected chi connectivity index (χ1v) is 9.20. The van der Waals surface area contributed by atoms with Gasteiger partial charge >= 0.3 is 0 Å². The molecule has 2 rings (SSSR count). The lowest BCUT2D eigenvalue weighted by molar-refractivity contribution is -0.132. The van der Waals surface area contributed by atoms with E-state index in [1.807, 2.05) is 37.4 Å². The first kappa shape index (κ1) is 17.7. The summed E-state index contributed by atoms with van der Waals surface area (Å²) in [6.45, 7) is 3.24. The SMILES string of the molecule is CN1CCN(C(=O)CCNS(=O)(=O)/C=C/c2ccccc2)CC1. The average Bonchev–Trinajstić information content (AvgIpc) is 2.54. The molecule has 0 radical (unpaired) electrons. The minimum absolute atomic E-state index is 0.00663. The number of rotatable bonds is 6. The van der Waals surface area contributed by atoms with Crippen LogP contribution in [0.5, 0.6) is 0 Å². The van der Waals surface area contributed by atoms with Crippen molar-refractivity contribution in [3.8, 4) is 0 Å². The highest BCUT2D eigenvalue weighted by atomic mass is 32.2. The van der Waals surface area contributed by atoms with Crippen molar-refractivity contribution in [1.82, 2.24) is 14.5 Å². The van der Waals surface area contributed by atoms with E-state index < -0.39 is 10.0 Å². The molecule has 1 N–H and O–H groups in total. The molecule has 1 fully saturated rings. The molecular formula is C16H23N3O3S. The van der Waals surface area contributed by atoms with E-state index in [1.54, 1.807) is 4.90 Å². The summed E-state index contributed by atoms with van der Waals surface area (Å²) >= 11 is 0. The summed E-state index contributed by atoms with van der Waals surface area (Å²) in [5.41, 5.74) is 0.811. The summed E-state index contributed by atoms with van der Waals surface area (Å²) in [6, 6.07) is 9.20. The second kappa shape index (κ2) is 8.24. The Labute approximate surface area is 137 Å². The third kappa shape index (κ3) is 6.13. The highest BCUT2D eigenvalue weighted by molar-refractivity contribution is 7.92. The Hall–Kier alpha value is -1.70. The van der Waals surface area contributed by atoms with Crippen LogP contribution in [0, 0.1) is 0 Å². The van der Waals surface area contributed by atoms with Crippen LogP contribution in [-0.4, -0.2) is 63.9 Å². The standard InChI is InChI=1S/C16H23N3O3S/c1-18-10-12-19(13-11-18)16(20)7-9-17-23(21,22)14-8-15-5-3-2-4-6-15/h2-6,8,14,17H,7,9-13H2,1H3/b14-8+. The van der Waals surface area contributed by atoms with E-state index in [-0.39, 0.29) is 18.9 Å². The zero-order chi connectivity index (χ0) is 16.7. The fourth-order valence-electron chi connectivity index (χ4n) is 2.29. The van der Waals surface area contributed by atoms with Crippen LogP contribution in [0.25, 0.3) is 6.08 Å². The topological polar surface area (TPSA) is 69.7 Å². The lowest BCUT2D eigenvalue weighted by Crippen LogP contribution is -2.47. The van der Waals surface area contributed by atoms with E-state index in [0.29, 0.717) is 13.1 Å². The van der Waals surface area contributed by atoms with E-state index in [4.69, 9.17) is 0 Å². The number of likely N-dealkylation sites (N-methyl/N-ethyl adjacent to an activating group) is 1. The summed E-state index contributed by atoms with van der Waals surface area (Å²) < 4.78 is 26.2. The van der Waals surface area contributed by atoms with Crippen molar-refractivity contribution >= 4 is 22.0 Å². The lowest BCUT2D eigenvalue weighted by atomic mass is 10.2. The number of nitrogens with one attached hydrogen (secondary N) is 1. The maximum Gasteiger partial charge on any atom is 0.233 e. The third-order valence-electron chi connectivity index (χ3n) is 3.74. The Kier molecular flexibility index (Phi) is 6.32. The molecule has 23 heavy (non-hydrogen) atoms. The maximum atomic E-state index is 12.0. The van der Waals surface area contributed by atoms with Gasteiger partial charge in [-0.05, 0) is 18.7 Å². The molecule has 1 aromatic carbocycles. The van der Waals surface area contributed by atoms with Crippen LogP contribution in [0.2, 0.25) is 0 Å². The number of amides is 1. The van der Waals surface area contributed by atoms with Crippen LogP contribution in [0.15, 0.2) is 35.7 Å². The molecule has 1 heterocycles. The van der Waals surface area contributed by atoms with Crippen LogP contribution in [0.1, 0.15) is 12.0 Å². The largest absolute Gasteiger partial charge is 0.340 e. The lowest BCUT2D eigenvalue weighted by Gasteiger charge is -2.32. The molecule has 0 unspecified atom stereocenters. The molecule has 0 spiro atoms. The van der Waals surface area contributed by atoms with Gasteiger partial charge in [0.25, 0.3) is 0 Å². The van der Waals surface area contributed by atoms with Gasteiger partial charge in [-0.15, -0.1) is 0 Å².